The van der Waals surface area contributed by atoms with Crippen molar-refractivity contribution in [3.63, 3.8) is 0 Å². The highest BCUT2D eigenvalue weighted by Crippen LogP contribution is 2.69. The molecule has 0 radical (unpaired) electrons. The highest BCUT2D eigenvalue weighted by molar-refractivity contribution is 9.10. The monoisotopic (exact) mass is 383 g/mol. The third-order valence-electron chi connectivity index (χ3n) is 8.92. The number of halogens is 1. The molecule has 0 aromatic heterocycles. The normalized spacial score (nSPS) is 55.6. The van der Waals surface area contributed by atoms with E-state index < -0.39 is 4.45 Å². The molecule has 0 N–H and O–H groups in total. The van der Waals surface area contributed by atoms with Gasteiger partial charge in [-0.1, -0.05) is 26.7 Å². The van der Waals surface area contributed by atoms with Gasteiger partial charge in [-0.15, -0.1) is 0 Å². The predicted octanol–water partition coefficient (Wildman–Crippen LogP) is 5.79. The molecule has 0 heterocycles. The Balaban J connectivity index is 1.67. The maximum Gasteiger partial charge on any atom is 0.280 e. The molecule has 4 saturated carbocycles. The van der Waals surface area contributed by atoms with Crippen molar-refractivity contribution in [2.45, 2.75) is 82.5 Å². The third-order valence-corrected chi connectivity index (χ3v) is 10.5. The lowest BCUT2D eigenvalue weighted by Gasteiger charge is -2.60. The smallest absolute Gasteiger partial charge is 0.263 e. The van der Waals surface area contributed by atoms with Crippen LogP contribution in [0.2, 0.25) is 0 Å². The van der Waals surface area contributed by atoms with Gasteiger partial charge in [-0.25, -0.2) is 0 Å². The maximum atomic E-state index is 11.8. The summed E-state index contributed by atoms with van der Waals surface area (Å²) in [7, 11) is 0. The Morgan fingerprint density at radius 3 is 2.43 bits per heavy atom. The summed E-state index contributed by atoms with van der Waals surface area (Å²) < 4.78 is -0.875. The van der Waals surface area contributed by atoms with Crippen LogP contribution in [-0.4, -0.2) is 9.37 Å². The molecule has 0 aromatic carbocycles. The zero-order chi connectivity index (χ0) is 16.5. The average molecular weight is 384 g/mol. The van der Waals surface area contributed by atoms with Crippen LogP contribution in [0.25, 0.3) is 0 Å². The first-order valence-corrected chi connectivity index (χ1v) is 10.5. The summed E-state index contributed by atoms with van der Waals surface area (Å²) in [4.78, 5) is 11.8. The van der Waals surface area contributed by atoms with E-state index >= 15 is 0 Å². The van der Waals surface area contributed by atoms with E-state index in [1.807, 2.05) is 0 Å². The van der Waals surface area contributed by atoms with Gasteiger partial charge in [-0.3, -0.25) is 10.1 Å². The molecule has 130 valence electrons. The molecule has 4 heteroatoms. The van der Waals surface area contributed by atoms with E-state index in [1.165, 1.54) is 44.9 Å². The van der Waals surface area contributed by atoms with Gasteiger partial charge in [0, 0.05) is 27.3 Å². The van der Waals surface area contributed by atoms with E-state index in [1.54, 1.807) is 0 Å². The van der Waals surface area contributed by atoms with E-state index in [-0.39, 0.29) is 10.3 Å². The minimum atomic E-state index is -0.875. The van der Waals surface area contributed by atoms with Crippen LogP contribution in [0.4, 0.5) is 0 Å². The molecule has 23 heavy (non-hydrogen) atoms. The fourth-order valence-electron chi connectivity index (χ4n) is 7.56. The lowest BCUT2D eigenvalue weighted by molar-refractivity contribution is -0.554. The van der Waals surface area contributed by atoms with Crippen LogP contribution in [0.15, 0.2) is 0 Å². The van der Waals surface area contributed by atoms with Gasteiger partial charge in [-0.2, -0.15) is 0 Å². The summed E-state index contributed by atoms with van der Waals surface area (Å²) in [5.74, 6) is 3.02. The second-order valence-electron chi connectivity index (χ2n) is 9.41. The van der Waals surface area contributed by atoms with Crippen molar-refractivity contribution in [2.24, 2.45) is 34.5 Å². The van der Waals surface area contributed by atoms with Gasteiger partial charge in [0.25, 0.3) is 4.45 Å². The van der Waals surface area contributed by atoms with Gasteiger partial charge < -0.3 is 0 Å². The molecule has 0 aliphatic heterocycles. The summed E-state index contributed by atoms with van der Waals surface area (Å²) in [6.45, 7) is 4.79. The van der Waals surface area contributed by atoms with Gasteiger partial charge in [0.05, 0.1) is 5.41 Å². The Bertz CT molecular complexity index is 525. The fraction of sp³-hybridized carbons (Fsp3) is 1.00. The number of rotatable bonds is 1. The minimum absolute atomic E-state index is 0.0126. The fourth-order valence-corrected chi connectivity index (χ4v) is 8.28. The van der Waals surface area contributed by atoms with Crippen LogP contribution in [0.3, 0.4) is 0 Å². The SMILES string of the molecule is C[C@]12CCCC[C@@H]1CC[C@H]1[C@H]3CC[C@](Br)([N+](=O)[O-])[C@]3(C)CC[C@@H]12. The molecule has 0 aromatic rings. The van der Waals surface area contributed by atoms with Crippen LogP contribution in [0, 0.1) is 44.6 Å². The van der Waals surface area contributed by atoms with Crippen LogP contribution in [-0.2, 0) is 0 Å². The lowest BCUT2D eigenvalue weighted by Crippen LogP contribution is -2.56. The molecule has 7 atom stereocenters. The molecule has 4 rings (SSSR count). The first-order chi connectivity index (χ1) is 10.8. The first kappa shape index (κ1) is 16.4. The quantitative estimate of drug-likeness (QED) is 0.249. The third kappa shape index (κ3) is 1.99. The molecule has 0 amide bonds. The van der Waals surface area contributed by atoms with Crippen LogP contribution in [0.1, 0.15) is 78.1 Å². The van der Waals surface area contributed by atoms with Gasteiger partial charge >= 0.3 is 0 Å². The van der Waals surface area contributed by atoms with Gasteiger partial charge in [0.15, 0.2) is 0 Å². The van der Waals surface area contributed by atoms with Crippen molar-refractivity contribution >= 4 is 15.9 Å². The second-order valence-corrected chi connectivity index (χ2v) is 10.7. The Kier molecular flexibility index (Phi) is 3.69. The number of alkyl halides is 1. The number of hydrogen-bond donors (Lipinski definition) is 0. The van der Waals surface area contributed by atoms with E-state index in [2.05, 4.69) is 29.8 Å². The second kappa shape index (κ2) is 5.19. The molecular weight excluding hydrogens is 354 g/mol. The van der Waals surface area contributed by atoms with Gasteiger partial charge in [-0.05, 0) is 74.0 Å². The highest BCUT2D eigenvalue weighted by Gasteiger charge is 2.69. The summed E-state index contributed by atoms with van der Waals surface area (Å²) in [5, 5.41) is 11.8. The van der Waals surface area contributed by atoms with Crippen molar-refractivity contribution in [3.8, 4) is 0 Å². The van der Waals surface area contributed by atoms with Crippen molar-refractivity contribution in [3.05, 3.63) is 10.1 Å². The summed E-state index contributed by atoms with van der Waals surface area (Å²) in [6, 6.07) is 0. The van der Waals surface area contributed by atoms with Crippen LogP contribution in [0.5, 0.6) is 0 Å². The number of hydrogen-bond acceptors (Lipinski definition) is 2. The van der Waals surface area contributed by atoms with Crippen molar-refractivity contribution < 1.29 is 4.92 Å². The van der Waals surface area contributed by atoms with E-state index in [0.717, 1.165) is 30.6 Å². The minimum Gasteiger partial charge on any atom is -0.263 e. The molecule has 3 nitrogen and oxygen atoms in total. The lowest BCUT2D eigenvalue weighted by atomic mass is 9.45. The van der Waals surface area contributed by atoms with Gasteiger partial charge in [0.1, 0.15) is 0 Å². The predicted molar refractivity (Wildman–Crippen MR) is 95.0 cm³/mol. The number of fused-ring (bicyclic) bond motifs is 5. The zero-order valence-electron chi connectivity index (χ0n) is 14.5. The molecule has 0 bridgehead atoms. The van der Waals surface area contributed by atoms with Crippen LogP contribution < -0.4 is 0 Å². The van der Waals surface area contributed by atoms with Crippen molar-refractivity contribution in [1.29, 1.82) is 0 Å². The number of nitrogens with zero attached hydrogens (tertiary/aromatic N) is 1. The molecule has 4 aliphatic rings. The molecule has 0 spiro atoms. The van der Waals surface area contributed by atoms with E-state index in [0.29, 0.717) is 17.8 Å². The van der Waals surface area contributed by atoms with E-state index in [4.69, 9.17) is 0 Å². The molecule has 0 unspecified atom stereocenters. The molecular formula is C19H30BrNO2. The van der Waals surface area contributed by atoms with Crippen molar-refractivity contribution in [1.82, 2.24) is 0 Å². The Morgan fingerprint density at radius 1 is 0.957 bits per heavy atom. The zero-order valence-corrected chi connectivity index (χ0v) is 16.1. The molecule has 4 fully saturated rings. The summed E-state index contributed by atoms with van der Waals surface area (Å²) in [5.41, 5.74) is 0.365. The molecule has 4 aliphatic carbocycles. The highest BCUT2D eigenvalue weighted by atomic mass is 79.9. The Labute approximate surface area is 148 Å². The van der Waals surface area contributed by atoms with E-state index in [9.17, 15) is 10.1 Å². The Hall–Kier alpha value is -0.120. The number of nitro groups is 1. The Morgan fingerprint density at radius 2 is 1.70 bits per heavy atom. The van der Waals surface area contributed by atoms with Gasteiger partial charge in [0.2, 0.25) is 0 Å². The van der Waals surface area contributed by atoms with Crippen LogP contribution >= 0.6 is 15.9 Å². The van der Waals surface area contributed by atoms with Crippen molar-refractivity contribution in [2.75, 3.05) is 0 Å². The standard InChI is InChI=1S/C19H30BrNO2/c1-17-10-4-3-5-13(17)6-7-14-15(17)8-11-18(2)16(14)9-12-19(18,20)21(22)23/h13-16H,3-12H2,1-2H3/t13-,14-,15+,16-,17+,18-,19+/m1/s1. The maximum absolute atomic E-state index is 11.8. The first-order valence-electron chi connectivity index (χ1n) is 9.66. The molecule has 0 saturated heterocycles. The largest absolute Gasteiger partial charge is 0.280 e. The summed E-state index contributed by atoms with van der Waals surface area (Å²) >= 11 is 3.61. The topological polar surface area (TPSA) is 43.1 Å². The summed E-state index contributed by atoms with van der Waals surface area (Å²) in [6.07, 6.45) is 12.4. The average Bonchev–Trinajstić information content (AvgIpc) is 2.80.